The highest BCUT2D eigenvalue weighted by Gasteiger charge is 2.35. The summed E-state index contributed by atoms with van der Waals surface area (Å²) >= 11 is 3.75. The van der Waals surface area contributed by atoms with Crippen molar-refractivity contribution >= 4 is 50.9 Å². The van der Waals surface area contributed by atoms with Gasteiger partial charge in [-0.25, -0.2) is 9.97 Å². The molecular formula is C21H20IN5O2S. The van der Waals surface area contributed by atoms with E-state index < -0.39 is 0 Å². The number of nitrogens with zero attached hydrogens (tertiary/aromatic N) is 4. The second-order valence-corrected chi connectivity index (χ2v) is 9.63. The highest BCUT2D eigenvalue weighted by Crippen LogP contribution is 2.36. The number of imidazole rings is 1. The van der Waals surface area contributed by atoms with Crippen LogP contribution in [0, 0.1) is 3.83 Å². The Labute approximate surface area is 191 Å². The van der Waals surface area contributed by atoms with Gasteiger partial charge in [-0.05, 0) is 60.4 Å². The van der Waals surface area contributed by atoms with Gasteiger partial charge in [-0.3, -0.25) is 4.57 Å². The van der Waals surface area contributed by atoms with Crippen LogP contribution in [0.4, 0.5) is 5.82 Å². The number of benzene rings is 1. The third-order valence-electron chi connectivity index (χ3n) is 5.21. The quantitative estimate of drug-likeness (QED) is 0.287. The zero-order chi connectivity index (χ0) is 20.9. The van der Waals surface area contributed by atoms with Crippen molar-refractivity contribution in [2.45, 2.75) is 25.8 Å². The standard InChI is InChI=1S/C21H20IN5O2S/c1-21(2)11-29-20-24-16-17(25-19(22)26-18(16)27(20)21)23-7-5-12-3-4-15(28)14(9-12)13-6-8-30-10-13/h3-4,6,8-10,28H,5,7,11H2,1-2H3,(H,23,25,26). The van der Waals surface area contributed by atoms with Crippen LogP contribution in [0.2, 0.25) is 0 Å². The third-order valence-corrected chi connectivity index (χ3v) is 6.37. The molecule has 0 fully saturated rings. The molecule has 0 atom stereocenters. The van der Waals surface area contributed by atoms with Gasteiger partial charge in [-0.2, -0.15) is 16.3 Å². The summed E-state index contributed by atoms with van der Waals surface area (Å²) in [5, 5.41) is 17.7. The van der Waals surface area contributed by atoms with Crippen LogP contribution < -0.4 is 10.1 Å². The van der Waals surface area contributed by atoms with E-state index in [4.69, 9.17) is 4.74 Å². The molecule has 3 aromatic heterocycles. The molecule has 0 saturated heterocycles. The fourth-order valence-corrected chi connectivity index (χ4v) is 4.82. The van der Waals surface area contributed by atoms with Gasteiger partial charge in [0.1, 0.15) is 12.4 Å². The van der Waals surface area contributed by atoms with E-state index in [-0.39, 0.29) is 5.54 Å². The summed E-state index contributed by atoms with van der Waals surface area (Å²) in [7, 11) is 0. The fourth-order valence-electron chi connectivity index (χ4n) is 3.70. The molecule has 2 N–H and O–H groups in total. The smallest absolute Gasteiger partial charge is 0.299 e. The summed E-state index contributed by atoms with van der Waals surface area (Å²) in [6.45, 7) is 5.50. The Morgan fingerprint density at radius 3 is 2.93 bits per heavy atom. The predicted molar refractivity (Wildman–Crippen MR) is 126 cm³/mol. The van der Waals surface area contributed by atoms with Gasteiger partial charge in [0, 0.05) is 34.7 Å². The van der Waals surface area contributed by atoms with Gasteiger partial charge in [0.05, 0.1) is 5.54 Å². The lowest BCUT2D eigenvalue weighted by molar-refractivity contribution is 0.268. The summed E-state index contributed by atoms with van der Waals surface area (Å²) in [6, 6.07) is 8.36. The van der Waals surface area contributed by atoms with Crippen molar-refractivity contribution in [1.82, 2.24) is 19.5 Å². The molecular weight excluding hydrogens is 513 g/mol. The van der Waals surface area contributed by atoms with Crippen molar-refractivity contribution in [3.8, 4) is 22.9 Å². The number of phenols is 1. The minimum atomic E-state index is -0.192. The van der Waals surface area contributed by atoms with Crippen LogP contribution >= 0.6 is 33.9 Å². The molecule has 154 valence electrons. The highest BCUT2D eigenvalue weighted by atomic mass is 127. The molecule has 0 unspecified atom stereocenters. The second-order valence-electron chi connectivity index (χ2n) is 7.88. The number of anilines is 1. The summed E-state index contributed by atoms with van der Waals surface area (Å²) in [5.74, 6) is 1.01. The number of aromatic hydroxyl groups is 1. The normalized spacial score (nSPS) is 14.6. The first-order valence-corrected chi connectivity index (χ1v) is 11.6. The Kier molecular flexibility index (Phi) is 4.81. The molecule has 5 rings (SSSR count). The van der Waals surface area contributed by atoms with E-state index in [1.165, 1.54) is 0 Å². The topological polar surface area (TPSA) is 85.1 Å². The van der Waals surface area contributed by atoms with Gasteiger partial charge in [0.25, 0.3) is 6.01 Å². The van der Waals surface area contributed by atoms with Crippen molar-refractivity contribution in [3.05, 3.63) is 44.4 Å². The van der Waals surface area contributed by atoms with Gasteiger partial charge in [-0.15, -0.1) is 0 Å². The average Bonchev–Trinajstić information content (AvgIpc) is 3.41. The summed E-state index contributed by atoms with van der Waals surface area (Å²) < 4.78 is 8.47. The van der Waals surface area contributed by atoms with Crippen molar-refractivity contribution in [3.63, 3.8) is 0 Å². The molecule has 1 aliphatic rings. The molecule has 0 amide bonds. The number of aromatic nitrogens is 4. The zero-order valence-corrected chi connectivity index (χ0v) is 19.5. The molecule has 0 bridgehead atoms. The maximum atomic E-state index is 10.2. The summed E-state index contributed by atoms with van der Waals surface area (Å²) in [5.41, 5.74) is 4.36. The number of nitrogens with one attached hydrogen (secondary N) is 1. The highest BCUT2D eigenvalue weighted by molar-refractivity contribution is 14.1. The van der Waals surface area contributed by atoms with Crippen molar-refractivity contribution in [2.24, 2.45) is 0 Å². The van der Waals surface area contributed by atoms with E-state index in [2.05, 4.69) is 56.7 Å². The largest absolute Gasteiger partial charge is 0.507 e. The lowest BCUT2D eigenvalue weighted by atomic mass is 10.0. The maximum absolute atomic E-state index is 10.2. The minimum Gasteiger partial charge on any atom is -0.507 e. The van der Waals surface area contributed by atoms with Crippen LogP contribution in [0.15, 0.2) is 35.0 Å². The van der Waals surface area contributed by atoms with Crippen LogP contribution in [-0.4, -0.2) is 37.8 Å². The molecule has 4 aromatic rings. The molecule has 0 saturated carbocycles. The zero-order valence-electron chi connectivity index (χ0n) is 16.5. The van der Waals surface area contributed by atoms with Crippen LogP contribution in [0.1, 0.15) is 19.4 Å². The third kappa shape index (κ3) is 3.39. The van der Waals surface area contributed by atoms with E-state index in [0.717, 1.165) is 34.3 Å². The van der Waals surface area contributed by atoms with Gasteiger partial charge in [0.15, 0.2) is 20.8 Å². The number of halogens is 1. The van der Waals surface area contributed by atoms with Crippen LogP contribution in [0.3, 0.4) is 0 Å². The van der Waals surface area contributed by atoms with Crippen LogP contribution in [0.25, 0.3) is 22.3 Å². The lowest BCUT2D eigenvalue weighted by Gasteiger charge is -2.18. The molecule has 7 nitrogen and oxygen atoms in total. The molecule has 0 radical (unpaired) electrons. The van der Waals surface area contributed by atoms with E-state index in [1.54, 1.807) is 17.4 Å². The number of fused-ring (bicyclic) bond motifs is 3. The van der Waals surface area contributed by atoms with Crippen LogP contribution in [-0.2, 0) is 12.0 Å². The number of phenolic OH excluding ortho intramolecular Hbond substituents is 1. The van der Waals surface area contributed by atoms with Crippen molar-refractivity contribution < 1.29 is 9.84 Å². The molecule has 0 aliphatic carbocycles. The number of thiophene rings is 1. The van der Waals surface area contributed by atoms with Crippen LogP contribution in [0.5, 0.6) is 11.8 Å². The van der Waals surface area contributed by atoms with Gasteiger partial charge >= 0.3 is 0 Å². The molecule has 1 aromatic carbocycles. The SMILES string of the molecule is CC1(C)COc2nc3c(NCCc4ccc(O)c(-c5ccsc5)c4)nc(I)nc3n21. The predicted octanol–water partition coefficient (Wildman–Crippen LogP) is 4.65. The van der Waals surface area contributed by atoms with E-state index in [9.17, 15) is 5.11 Å². The Morgan fingerprint density at radius 1 is 1.27 bits per heavy atom. The number of rotatable bonds is 5. The number of hydrogen-bond acceptors (Lipinski definition) is 7. The summed E-state index contributed by atoms with van der Waals surface area (Å²) in [6.07, 6.45) is 0.787. The Morgan fingerprint density at radius 2 is 2.13 bits per heavy atom. The van der Waals surface area contributed by atoms with Gasteiger partial charge in [0.2, 0.25) is 0 Å². The van der Waals surface area contributed by atoms with E-state index >= 15 is 0 Å². The molecule has 4 heterocycles. The van der Waals surface area contributed by atoms with Gasteiger partial charge < -0.3 is 15.2 Å². The average molecular weight is 533 g/mol. The first-order chi connectivity index (χ1) is 14.4. The molecule has 1 aliphatic heterocycles. The Hall–Kier alpha value is -2.40. The first kappa shape index (κ1) is 19.6. The lowest BCUT2D eigenvalue weighted by Crippen LogP contribution is -2.26. The molecule has 30 heavy (non-hydrogen) atoms. The monoisotopic (exact) mass is 533 g/mol. The molecule has 9 heteroatoms. The first-order valence-electron chi connectivity index (χ1n) is 9.60. The Bertz CT molecular complexity index is 1240. The van der Waals surface area contributed by atoms with Crippen molar-refractivity contribution in [1.29, 1.82) is 0 Å². The maximum Gasteiger partial charge on any atom is 0.299 e. The Balaban J connectivity index is 1.38. The van der Waals surface area contributed by atoms with E-state index in [0.29, 0.717) is 34.6 Å². The minimum absolute atomic E-state index is 0.192. The molecule has 0 spiro atoms. The van der Waals surface area contributed by atoms with Crippen molar-refractivity contribution in [2.75, 3.05) is 18.5 Å². The second kappa shape index (κ2) is 7.38. The number of hydrogen-bond donors (Lipinski definition) is 2. The fraction of sp³-hybridized carbons (Fsp3) is 0.286. The summed E-state index contributed by atoms with van der Waals surface area (Å²) in [4.78, 5) is 13.8. The van der Waals surface area contributed by atoms with Gasteiger partial charge in [-0.1, -0.05) is 6.07 Å². The number of ether oxygens (including phenoxy) is 1. The van der Waals surface area contributed by atoms with E-state index in [1.807, 2.05) is 33.5 Å².